The van der Waals surface area contributed by atoms with E-state index in [-0.39, 0.29) is 11.6 Å². The lowest BCUT2D eigenvalue weighted by atomic mass is 10.1. The molecule has 0 unspecified atom stereocenters. The lowest BCUT2D eigenvalue weighted by Gasteiger charge is -2.11. The lowest BCUT2D eigenvalue weighted by Crippen LogP contribution is -2.11. The van der Waals surface area contributed by atoms with Crippen LogP contribution in [0.15, 0.2) is 36.7 Å². The Hall–Kier alpha value is -2.67. The molecule has 0 saturated heterocycles. The first kappa shape index (κ1) is 14.0. The standard InChI is InChI=1S/C16H15FN4O2/c17-13-3-2-11-8-14(13)23-7-1-6-22-10-18-15-4-5-21-16(20-15)12(11)9-19-21/h2-5,8-9H,1,6-7,10H2,(H,18,20). The van der Waals surface area contributed by atoms with Gasteiger partial charge in [-0.1, -0.05) is 6.07 Å². The molecule has 4 rings (SSSR count). The van der Waals surface area contributed by atoms with Gasteiger partial charge in [0.25, 0.3) is 0 Å². The molecule has 0 radical (unpaired) electrons. The molecule has 1 aliphatic rings. The third-order valence-electron chi connectivity index (χ3n) is 3.66. The van der Waals surface area contributed by atoms with Crippen LogP contribution in [0.4, 0.5) is 10.2 Å². The van der Waals surface area contributed by atoms with Crippen molar-refractivity contribution < 1.29 is 13.9 Å². The van der Waals surface area contributed by atoms with E-state index in [2.05, 4.69) is 15.4 Å². The van der Waals surface area contributed by atoms with E-state index in [0.29, 0.717) is 37.8 Å². The second-order valence-corrected chi connectivity index (χ2v) is 5.22. The molecule has 2 aromatic heterocycles. The molecule has 0 amide bonds. The summed E-state index contributed by atoms with van der Waals surface area (Å²) in [6.45, 7) is 1.27. The first-order valence-corrected chi connectivity index (χ1v) is 7.40. The molecule has 23 heavy (non-hydrogen) atoms. The number of ether oxygens (including phenoxy) is 2. The Kier molecular flexibility index (Phi) is 3.55. The van der Waals surface area contributed by atoms with Gasteiger partial charge < -0.3 is 14.8 Å². The van der Waals surface area contributed by atoms with Crippen molar-refractivity contribution in [3.8, 4) is 16.9 Å². The number of hydrogen-bond donors (Lipinski definition) is 1. The number of hydrogen-bond acceptors (Lipinski definition) is 5. The van der Waals surface area contributed by atoms with Crippen LogP contribution < -0.4 is 10.1 Å². The number of nitrogens with zero attached hydrogens (tertiary/aromatic N) is 3. The Morgan fingerprint density at radius 2 is 2.17 bits per heavy atom. The van der Waals surface area contributed by atoms with Gasteiger partial charge in [0, 0.05) is 18.2 Å². The van der Waals surface area contributed by atoms with Gasteiger partial charge in [-0.15, -0.1) is 0 Å². The Morgan fingerprint density at radius 3 is 3.13 bits per heavy atom. The van der Waals surface area contributed by atoms with E-state index in [1.54, 1.807) is 22.8 Å². The number of aromatic nitrogens is 3. The molecule has 0 fully saturated rings. The summed E-state index contributed by atoms with van der Waals surface area (Å²) in [5.41, 5.74) is 2.32. The SMILES string of the molecule is Fc1ccc2cc1OCCCOCNc1ccn3ncc-2c3n1. The van der Waals surface area contributed by atoms with Gasteiger partial charge in [-0.25, -0.2) is 13.9 Å². The molecular weight excluding hydrogens is 299 g/mol. The highest BCUT2D eigenvalue weighted by atomic mass is 19.1. The van der Waals surface area contributed by atoms with Crippen LogP contribution in [0.5, 0.6) is 5.75 Å². The van der Waals surface area contributed by atoms with Gasteiger partial charge in [-0.05, 0) is 23.8 Å². The van der Waals surface area contributed by atoms with Crippen molar-refractivity contribution in [3.63, 3.8) is 0 Å². The zero-order valence-electron chi connectivity index (χ0n) is 12.3. The molecule has 1 aromatic carbocycles. The van der Waals surface area contributed by atoms with Gasteiger partial charge in [0.15, 0.2) is 17.2 Å². The summed E-state index contributed by atoms with van der Waals surface area (Å²) < 4.78 is 26.6. The fourth-order valence-electron chi connectivity index (χ4n) is 2.49. The van der Waals surface area contributed by atoms with Gasteiger partial charge in [-0.3, -0.25) is 0 Å². The van der Waals surface area contributed by atoms with E-state index in [1.165, 1.54) is 6.07 Å². The molecule has 4 bridgehead atoms. The number of halogens is 1. The van der Waals surface area contributed by atoms with E-state index in [0.717, 1.165) is 11.1 Å². The molecule has 0 atom stereocenters. The van der Waals surface area contributed by atoms with Crippen LogP contribution in [0, 0.1) is 5.82 Å². The van der Waals surface area contributed by atoms with Crippen molar-refractivity contribution in [1.29, 1.82) is 0 Å². The highest BCUT2D eigenvalue weighted by molar-refractivity contribution is 5.78. The maximum atomic E-state index is 13.9. The molecule has 3 aromatic rings. The van der Waals surface area contributed by atoms with Gasteiger partial charge >= 0.3 is 0 Å². The predicted molar refractivity (Wildman–Crippen MR) is 82.9 cm³/mol. The van der Waals surface area contributed by atoms with Crippen molar-refractivity contribution >= 4 is 11.5 Å². The van der Waals surface area contributed by atoms with Crippen LogP contribution in [-0.2, 0) is 4.74 Å². The van der Waals surface area contributed by atoms with E-state index < -0.39 is 0 Å². The summed E-state index contributed by atoms with van der Waals surface area (Å²) >= 11 is 0. The highest BCUT2D eigenvalue weighted by Crippen LogP contribution is 2.29. The molecule has 6 nitrogen and oxygen atoms in total. The summed E-state index contributed by atoms with van der Waals surface area (Å²) in [5.74, 6) is 0.552. The van der Waals surface area contributed by atoms with Crippen LogP contribution in [0.25, 0.3) is 16.8 Å². The van der Waals surface area contributed by atoms with Crippen molar-refractivity contribution in [2.75, 3.05) is 25.3 Å². The number of fused-ring (bicyclic) bond motifs is 4. The van der Waals surface area contributed by atoms with E-state index in [1.807, 2.05) is 12.3 Å². The van der Waals surface area contributed by atoms with Crippen LogP contribution in [0.2, 0.25) is 0 Å². The monoisotopic (exact) mass is 314 g/mol. The molecule has 0 spiro atoms. The molecule has 118 valence electrons. The van der Waals surface area contributed by atoms with Crippen molar-refractivity contribution in [1.82, 2.24) is 14.6 Å². The first-order valence-electron chi connectivity index (χ1n) is 7.40. The van der Waals surface area contributed by atoms with E-state index in [4.69, 9.17) is 9.47 Å². The molecule has 1 N–H and O–H groups in total. The maximum Gasteiger partial charge on any atom is 0.165 e. The van der Waals surface area contributed by atoms with Crippen LogP contribution in [0.3, 0.4) is 0 Å². The number of anilines is 1. The van der Waals surface area contributed by atoms with Gasteiger partial charge in [-0.2, -0.15) is 5.10 Å². The summed E-state index contributed by atoms with van der Waals surface area (Å²) in [5, 5.41) is 7.40. The molecule has 3 heterocycles. The van der Waals surface area contributed by atoms with Crippen LogP contribution >= 0.6 is 0 Å². The summed E-state index contributed by atoms with van der Waals surface area (Å²) in [6, 6.07) is 6.62. The van der Waals surface area contributed by atoms with Crippen LogP contribution in [0.1, 0.15) is 6.42 Å². The third kappa shape index (κ3) is 2.70. The van der Waals surface area contributed by atoms with Gasteiger partial charge in [0.2, 0.25) is 0 Å². The van der Waals surface area contributed by atoms with Crippen molar-refractivity contribution in [2.24, 2.45) is 0 Å². The van der Waals surface area contributed by atoms with Gasteiger partial charge in [0.05, 0.1) is 19.4 Å². The van der Waals surface area contributed by atoms with Gasteiger partial charge in [0.1, 0.15) is 12.5 Å². The lowest BCUT2D eigenvalue weighted by molar-refractivity contribution is 0.133. The average molecular weight is 314 g/mol. The summed E-state index contributed by atoms with van der Waals surface area (Å²) in [7, 11) is 0. The van der Waals surface area contributed by atoms with E-state index in [9.17, 15) is 4.39 Å². The minimum Gasteiger partial charge on any atom is -0.490 e. The topological polar surface area (TPSA) is 60.7 Å². The zero-order valence-corrected chi connectivity index (χ0v) is 12.3. The Morgan fingerprint density at radius 1 is 1.22 bits per heavy atom. The first-order chi connectivity index (χ1) is 11.3. The normalized spacial score (nSPS) is 15.0. The largest absolute Gasteiger partial charge is 0.490 e. The second-order valence-electron chi connectivity index (χ2n) is 5.22. The second kappa shape index (κ2) is 5.85. The fraction of sp³-hybridized carbons (Fsp3) is 0.250. The van der Waals surface area contributed by atoms with Crippen molar-refractivity contribution in [2.45, 2.75) is 6.42 Å². The molecule has 0 saturated carbocycles. The smallest absolute Gasteiger partial charge is 0.165 e. The summed E-state index contributed by atoms with van der Waals surface area (Å²) in [4.78, 5) is 4.55. The Balaban J connectivity index is 1.85. The number of benzene rings is 1. The zero-order chi connectivity index (χ0) is 15.6. The Labute approximate surface area is 131 Å². The predicted octanol–water partition coefficient (Wildman–Crippen LogP) is 2.70. The van der Waals surface area contributed by atoms with Crippen molar-refractivity contribution in [3.05, 3.63) is 42.5 Å². The summed E-state index contributed by atoms with van der Waals surface area (Å²) in [6.07, 6.45) is 4.21. The molecule has 1 aliphatic heterocycles. The maximum absolute atomic E-state index is 13.9. The third-order valence-corrected chi connectivity index (χ3v) is 3.66. The molecule has 7 heteroatoms. The number of nitrogens with one attached hydrogen (secondary N) is 1. The average Bonchev–Trinajstić information content (AvgIpc) is 2.98. The molecular formula is C16H15FN4O2. The minimum absolute atomic E-state index is 0.230. The Bertz CT molecular complexity index is 849. The fourth-order valence-corrected chi connectivity index (χ4v) is 2.49. The molecule has 0 aliphatic carbocycles. The van der Waals surface area contributed by atoms with E-state index >= 15 is 0 Å². The van der Waals surface area contributed by atoms with Crippen LogP contribution in [-0.4, -0.2) is 34.5 Å². The number of rotatable bonds is 0. The minimum atomic E-state index is -0.381. The quantitative estimate of drug-likeness (QED) is 0.691. The highest BCUT2D eigenvalue weighted by Gasteiger charge is 2.13.